The maximum Gasteiger partial charge on any atom is 0.305 e. The van der Waals surface area contributed by atoms with Gasteiger partial charge in [0.05, 0.1) is 4.92 Å². The third-order valence-corrected chi connectivity index (χ3v) is 3.10. The van der Waals surface area contributed by atoms with Crippen molar-refractivity contribution in [1.82, 2.24) is 0 Å². The van der Waals surface area contributed by atoms with Gasteiger partial charge in [-0.05, 0) is 30.2 Å². The molecule has 0 aliphatic heterocycles. The average Bonchev–Trinajstić information content (AvgIpc) is 2.47. The Morgan fingerprint density at radius 1 is 1.24 bits per heavy atom. The highest BCUT2D eigenvalue weighted by atomic mass is 19.1. The number of hydrogen-bond acceptors (Lipinski definition) is 4. The van der Waals surface area contributed by atoms with Crippen molar-refractivity contribution in [2.75, 3.05) is 0 Å². The van der Waals surface area contributed by atoms with Gasteiger partial charge in [-0.25, -0.2) is 0 Å². The number of nitro groups is 1. The van der Waals surface area contributed by atoms with Crippen molar-refractivity contribution in [1.29, 1.82) is 0 Å². The van der Waals surface area contributed by atoms with Crippen LogP contribution in [-0.2, 0) is 0 Å². The van der Waals surface area contributed by atoms with Crippen LogP contribution in [0.4, 0.5) is 10.1 Å². The highest BCUT2D eigenvalue weighted by Crippen LogP contribution is 2.27. The molecule has 2 aromatic carbocycles. The lowest BCUT2D eigenvalue weighted by atomic mass is 10.1. The Bertz CT molecular complexity index is 644. The Hall–Kier alpha value is -2.47. The van der Waals surface area contributed by atoms with Gasteiger partial charge < -0.3 is 10.5 Å². The second-order valence-electron chi connectivity index (χ2n) is 4.56. The number of nitrogens with zero attached hydrogens (tertiary/aromatic N) is 1. The Morgan fingerprint density at radius 3 is 2.38 bits per heavy atom. The topological polar surface area (TPSA) is 78.4 Å². The van der Waals surface area contributed by atoms with Crippen molar-refractivity contribution >= 4 is 5.69 Å². The molecule has 0 saturated heterocycles. The van der Waals surface area contributed by atoms with Gasteiger partial charge in [-0.1, -0.05) is 19.1 Å². The standard InChI is InChI=1S/C15H15FN2O3/c1-2-14(17)10-3-5-11(6-4-10)21-12-7-8-15(18(19)20)13(16)9-12/h3-9,14H,2,17H2,1H3. The van der Waals surface area contributed by atoms with Gasteiger partial charge in [0.25, 0.3) is 0 Å². The van der Waals surface area contributed by atoms with E-state index in [1.165, 1.54) is 6.07 Å². The Labute approximate surface area is 121 Å². The summed E-state index contributed by atoms with van der Waals surface area (Å²) in [4.78, 5) is 9.76. The molecule has 0 fully saturated rings. The normalized spacial score (nSPS) is 12.0. The van der Waals surface area contributed by atoms with Gasteiger partial charge in [0.15, 0.2) is 0 Å². The highest BCUT2D eigenvalue weighted by molar-refractivity contribution is 5.40. The van der Waals surface area contributed by atoms with Crippen LogP contribution < -0.4 is 10.5 Å². The molecule has 0 amide bonds. The maximum absolute atomic E-state index is 13.5. The minimum atomic E-state index is -0.929. The molecule has 0 aliphatic carbocycles. The van der Waals surface area contributed by atoms with Crippen molar-refractivity contribution in [2.45, 2.75) is 19.4 Å². The molecule has 2 rings (SSSR count). The molecule has 0 aliphatic rings. The minimum Gasteiger partial charge on any atom is -0.457 e. The van der Waals surface area contributed by atoms with Crippen molar-refractivity contribution in [3.8, 4) is 11.5 Å². The van der Waals surface area contributed by atoms with Gasteiger partial charge in [0.2, 0.25) is 5.82 Å². The van der Waals surface area contributed by atoms with E-state index in [4.69, 9.17) is 10.5 Å². The lowest BCUT2D eigenvalue weighted by Gasteiger charge is -2.10. The first kappa shape index (κ1) is 14.9. The predicted molar refractivity (Wildman–Crippen MR) is 76.8 cm³/mol. The first-order valence-electron chi connectivity index (χ1n) is 6.48. The summed E-state index contributed by atoms with van der Waals surface area (Å²) in [6.45, 7) is 1.99. The molecule has 0 bridgehead atoms. The SMILES string of the molecule is CCC(N)c1ccc(Oc2ccc([N+](=O)[O-])c(F)c2)cc1. The Morgan fingerprint density at radius 2 is 1.86 bits per heavy atom. The molecule has 5 nitrogen and oxygen atoms in total. The molecule has 21 heavy (non-hydrogen) atoms. The summed E-state index contributed by atoms with van der Waals surface area (Å²) in [5.74, 6) is -0.219. The molecule has 0 aromatic heterocycles. The molecule has 0 radical (unpaired) electrons. The number of rotatable bonds is 5. The number of nitrogens with two attached hydrogens (primary N) is 1. The zero-order valence-corrected chi connectivity index (χ0v) is 11.5. The fourth-order valence-electron chi connectivity index (χ4n) is 1.85. The van der Waals surface area contributed by atoms with Gasteiger partial charge in [0.1, 0.15) is 11.5 Å². The average molecular weight is 290 g/mol. The first-order valence-corrected chi connectivity index (χ1v) is 6.48. The van der Waals surface area contributed by atoms with Crippen LogP contribution in [0.2, 0.25) is 0 Å². The van der Waals surface area contributed by atoms with Gasteiger partial charge in [0, 0.05) is 18.2 Å². The summed E-state index contributed by atoms with van der Waals surface area (Å²) in [6.07, 6.45) is 0.827. The molecule has 1 unspecified atom stereocenters. The van der Waals surface area contributed by atoms with Gasteiger partial charge in [-0.2, -0.15) is 4.39 Å². The summed E-state index contributed by atoms with van der Waals surface area (Å²) in [7, 11) is 0. The molecule has 0 spiro atoms. The van der Waals surface area contributed by atoms with Crippen LogP contribution in [0, 0.1) is 15.9 Å². The number of nitro benzene ring substituents is 1. The number of benzene rings is 2. The predicted octanol–water partition coefficient (Wildman–Crippen LogP) is 3.94. The van der Waals surface area contributed by atoms with Crippen molar-refractivity contribution < 1.29 is 14.1 Å². The molecular formula is C15H15FN2O3. The Kier molecular flexibility index (Phi) is 4.49. The van der Waals surface area contributed by atoms with E-state index in [1.807, 2.05) is 19.1 Å². The van der Waals surface area contributed by atoms with Crippen LogP contribution in [0.25, 0.3) is 0 Å². The van der Waals surface area contributed by atoms with Crippen LogP contribution >= 0.6 is 0 Å². The zero-order valence-electron chi connectivity index (χ0n) is 11.5. The van der Waals surface area contributed by atoms with Crippen molar-refractivity contribution in [3.63, 3.8) is 0 Å². The third-order valence-electron chi connectivity index (χ3n) is 3.10. The summed E-state index contributed by atoms with van der Waals surface area (Å²) in [6, 6.07) is 10.5. The van der Waals surface area contributed by atoms with E-state index >= 15 is 0 Å². The van der Waals surface area contributed by atoms with Gasteiger partial charge in [-0.3, -0.25) is 10.1 Å². The Balaban J connectivity index is 2.15. The van der Waals surface area contributed by atoms with E-state index < -0.39 is 16.4 Å². The summed E-state index contributed by atoms with van der Waals surface area (Å²) in [5.41, 5.74) is 6.32. The second kappa shape index (κ2) is 6.32. The van der Waals surface area contributed by atoms with E-state index in [9.17, 15) is 14.5 Å². The lowest BCUT2D eigenvalue weighted by Crippen LogP contribution is -2.08. The minimum absolute atomic E-state index is 0.0316. The molecular weight excluding hydrogens is 275 g/mol. The molecule has 1 atom stereocenters. The summed E-state index contributed by atoms with van der Waals surface area (Å²) < 4.78 is 18.9. The van der Waals surface area contributed by atoms with Crippen LogP contribution in [0.15, 0.2) is 42.5 Å². The van der Waals surface area contributed by atoms with E-state index in [0.29, 0.717) is 5.75 Å². The van der Waals surface area contributed by atoms with E-state index in [-0.39, 0.29) is 11.8 Å². The van der Waals surface area contributed by atoms with Crippen LogP contribution in [-0.4, -0.2) is 4.92 Å². The van der Waals surface area contributed by atoms with Crippen molar-refractivity contribution in [2.24, 2.45) is 5.73 Å². The van der Waals surface area contributed by atoms with Gasteiger partial charge in [-0.15, -0.1) is 0 Å². The smallest absolute Gasteiger partial charge is 0.305 e. The van der Waals surface area contributed by atoms with E-state index in [2.05, 4.69) is 0 Å². The van der Waals surface area contributed by atoms with Crippen LogP contribution in [0.5, 0.6) is 11.5 Å². The second-order valence-corrected chi connectivity index (χ2v) is 4.56. The molecule has 0 saturated carbocycles. The summed E-state index contributed by atoms with van der Waals surface area (Å²) in [5, 5.41) is 10.5. The molecule has 2 aromatic rings. The van der Waals surface area contributed by atoms with E-state index in [0.717, 1.165) is 24.1 Å². The number of ether oxygens (including phenoxy) is 1. The number of hydrogen-bond donors (Lipinski definition) is 1. The summed E-state index contributed by atoms with van der Waals surface area (Å²) >= 11 is 0. The molecule has 6 heteroatoms. The van der Waals surface area contributed by atoms with Crippen molar-refractivity contribution in [3.05, 3.63) is 64.0 Å². The van der Waals surface area contributed by atoms with Crippen LogP contribution in [0.3, 0.4) is 0 Å². The molecule has 2 N–H and O–H groups in total. The largest absolute Gasteiger partial charge is 0.457 e. The van der Waals surface area contributed by atoms with E-state index in [1.54, 1.807) is 12.1 Å². The number of halogens is 1. The monoisotopic (exact) mass is 290 g/mol. The first-order chi connectivity index (χ1) is 10.0. The molecule has 110 valence electrons. The quantitative estimate of drug-likeness (QED) is 0.668. The van der Waals surface area contributed by atoms with Gasteiger partial charge >= 0.3 is 5.69 Å². The highest BCUT2D eigenvalue weighted by Gasteiger charge is 2.14. The fourth-order valence-corrected chi connectivity index (χ4v) is 1.85. The zero-order chi connectivity index (χ0) is 15.4. The van der Waals surface area contributed by atoms with Crippen LogP contribution in [0.1, 0.15) is 24.9 Å². The maximum atomic E-state index is 13.5. The molecule has 0 heterocycles. The third kappa shape index (κ3) is 3.55. The fraction of sp³-hybridized carbons (Fsp3) is 0.200. The lowest BCUT2D eigenvalue weighted by molar-refractivity contribution is -0.387.